The van der Waals surface area contributed by atoms with E-state index in [0.29, 0.717) is 23.1 Å². The van der Waals surface area contributed by atoms with Gasteiger partial charge in [0.05, 0.1) is 7.11 Å². The predicted molar refractivity (Wildman–Crippen MR) is 118 cm³/mol. The minimum atomic E-state index is -0.674. The molecule has 1 N–H and O–H groups in total. The number of nitrogens with one attached hydrogen (secondary N) is 1. The second kappa shape index (κ2) is 12.1. The molecule has 7 heteroatoms. The van der Waals surface area contributed by atoms with E-state index >= 15 is 0 Å². The largest absolute Gasteiger partial charge is 0.493 e. The van der Waals surface area contributed by atoms with Gasteiger partial charge in [-0.2, -0.15) is 0 Å². The highest BCUT2D eigenvalue weighted by Gasteiger charge is 2.27. The van der Waals surface area contributed by atoms with Gasteiger partial charge < -0.3 is 19.7 Å². The molecule has 0 aliphatic carbocycles. The third kappa shape index (κ3) is 6.66. The SMILES string of the molecule is CCCCNC(=O)C(C)N(Cc1ccccc1Cl)C(=O)COc1ccccc1OC. The number of benzene rings is 2. The van der Waals surface area contributed by atoms with Crippen molar-refractivity contribution in [2.75, 3.05) is 20.3 Å². The average Bonchev–Trinajstić information content (AvgIpc) is 2.76. The molecule has 0 fully saturated rings. The molecule has 0 heterocycles. The van der Waals surface area contributed by atoms with Crippen molar-refractivity contribution in [3.63, 3.8) is 0 Å². The molecule has 0 aliphatic heterocycles. The smallest absolute Gasteiger partial charge is 0.261 e. The number of carbonyl (C=O) groups excluding carboxylic acids is 2. The Morgan fingerprint density at radius 2 is 1.77 bits per heavy atom. The second-order valence-corrected chi connectivity index (χ2v) is 7.28. The zero-order chi connectivity index (χ0) is 21.9. The fourth-order valence-corrected chi connectivity index (χ4v) is 3.08. The zero-order valence-corrected chi connectivity index (χ0v) is 18.4. The van der Waals surface area contributed by atoms with Crippen LogP contribution in [0.4, 0.5) is 0 Å². The highest BCUT2D eigenvalue weighted by atomic mass is 35.5. The Hall–Kier alpha value is -2.73. The first-order valence-corrected chi connectivity index (χ1v) is 10.4. The summed E-state index contributed by atoms with van der Waals surface area (Å²) in [5.74, 6) is 0.472. The number of methoxy groups -OCH3 is 1. The zero-order valence-electron chi connectivity index (χ0n) is 17.7. The van der Waals surface area contributed by atoms with E-state index in [1.165, 1.54) is 12.0 Å². The highest BCUT2D eigenvalue weighted by Crippen LogP contribution is 2.26. The molecular weight excluding hydrogens is 404 g/mol. The third-order valence-electron chi connectivity index (χ3n) is 4.72. The van der Waals surface area contributed by atoms with Crippen molar-refractivity contribution in [1.29, 1.82) is 0 Å². The van der Waals surface area contributed by atoms with Gasteiger partial charge in [0.2, 0.25) is 5.91 Å². The van der Waals surface area contributed by atoms with Crippen LogP contribution in [0, 0.1) is 0 Å². The van der Waals surface area contributed by atoms with Crippen molar-refractivity contribution in [3.05, 3.63) is 59.1 Å². The Morgan fingerprint density at radius 3 is 2.43 bits per heavy atom. The molecule has 1 unspecified atom stereocenters. The van der Waals surface area contributed by atoms with Gasteiger partial charge in [0.1, 0.15) is 6.04 Å². The number of unbranched alkanes of at least 4 members (excludes halogenated alkanes) is 1. The number of halogens is 1. The molecule has 2 aromatic carbocycles. The number of para-hydroxylation sites is 2. The normalized spacial score (nSPS) is 11.5. The minimum absolute atomic E-state index is 0.205. The van der Waals surface area contributed by atoms with Crippen LogP contribution in [0.5, 0.6) is 11.5 Å². The van der Waals surface area contributed by atoms with Crippen molar-refractivity contribution in [3.8, 4) is 11.5 Å². The first kappa shape index (κ1) is 23.5. The summed E-state index contributed by atoms with van der Waals surface area (Å²) < 4.78 is 10.9. The van der Waals surface area contributed by atoms with Crippen molar-refractivity contribution >= 4 is 23.4 Å². The van der Waals surface area contributed by atoms with Gasteiger partial charge in [0.25, 0.3) is 5.91 Å². The molecule has 30 heavy (non-hydrogen) atoms. The lowest BCUT2D eigenvalue weighted by molar-refractivity contribution is -0.142. The Morgan fingerprint density at radius 1 is 1.10 bits per heavy atom. The lowest BCUT2D eigenvalue weighted by Crippen LogP contribution is -2.49. The summed E-state index contributed by atoms with van der Waals surface area (Å²) in [6.45, 7) is 4.32. The van der Waals surface area contributed by atoms with Crippen LogP contribution < -0.4 is 14.8 Å². The summed E-state index contributed by atoms with van der Waals surface area (Å²) in [7, 11) is 1.54. The van der Waals surface area contributed by atoms with E-state index in [4.69, 9.17) is 21.1 Å². The summed E-state index contributed by atoms with van der Waals surface area (Å²) in [6.07, 6.45) is 1.86. The van der Waals surface area contributed by atoms with Crippen LogP contribution in [0.2, 0.25) is 5.02 Å². The Labute approximate surface area is 183 Å². The van der Waals surface area contributed by atoms with Gasteiger partial charge in [-0.25, -0.2) is 0 Å². The van der Waals surface area contributed by atoms with Crippen LogP contribution in [0.25, 0.3) is 0 Å². The minimum Gasteiger partial charge on any atom is -0.493 e. The number of hydrogen-bond donors (Lipinski definition) is 1. The first-order valence-electron chi connectivity index (χ1n) is 10.0. The maximum absolute atomic E-state index is 13.0. The van der Waals surface area contributed by atoms with Crippen LogP contribution >= 0.6 is 11.6 Å². The molecule has 0 aromatic heterocycles. The van der Waals surface area contributed by atoms with E-state index in [0.717, 1.165) is 18.4 Å². The maximum Gasteiger partial charge on any atom is 0.261 e. The molecular formula is C23H29ClN2O4. The number of ether oxygens (including phenoxy) is 2. The summed E-state index contributed by atoms with van der Waals surface area (Å²) in [6, 6.07) is 13.7. The molecule has 0 saturated carbocycles. The van der Waals surface area contributed by atoms with E-state index < -0.39 is 6.04 Å². The molecule has 6 nitrogen and oxygen atoms in total. The molecule has 2 amide bonds. The molecule has 162 valence electrons. The average molecular weight is 433 g/mol. The molecule has 2 aromatic rings. The van der Waals surface area contributed by atoms with Gasteiger partial charge in [-0.05, 0) is 37.1 Å². The van der Waals surface area contributed by atoms with E-state index in [1.807, 2.05) is 24.3 Å². The van der Waals surface area contributed by atoms with Crippen LogP contribution in [-0.2, 0) is 16.1 Å². The first-order chi connectivity index (χ1) is 14.5. The standard InChI is InChI=1S/C23H29ClN2O4/c1-4-5-14-25-23(28)17(2)26(15-18-10-6-7-11-19(18)24)22(27)16-30-21-13-9-8-12-20(21)29-3/h6-13,17H,4-5,14-16H2,1-3H3,(H,25,28). The number of rotatable bonds is 11. The number of hydrogen-bond acceptors (Lipinski definition) is 4. The molecule has 0 aliphatic rings. The van der Waals surface area contributed by atoms with Crippen molar-refractivity contribution in [1.82, 2.24) is 10.2 Å². The number of nitrogens with zero attached hydrogens (tertiary/aromatic N) is 1. The third-order valence-corrected chi connectivity index (χ3v) is 5.08. The molecule has 1 atom stereocenters. The monoisotopic (exact) mass is 432 g/mol. The molecule has 2 rings (SSSR count). The number of carbonyl (C=O) groups is 2. The summed E-state index contributed by atoms with van der Waals surface area (Å²) in [5, 5.41) is 3.43. The van der Waals surface area contributed by atoms with Gasteiger partial charge in [-0.1, -0.05) is 55.3 Å². The molecule has 0 saturated heterocycles. The fraction of sp³-hybridized carbons (Fsp3) is 0.391. The maximum atomic E-state index is 13.0. The van der Waals surface area contributed by atoms with Gasteiger partial charge in [0.15, 0.2) is 18.1 Å². The van der Waals surface area contributed by atoms with Gasteiger partial charge in [-0.3, -0.25) is 9.59 Å². The quantitative estimate of drug-likeness (QED) is 0.544. The van der Waals surface area contributed by atoms with Crippen molar-refractivity contribution < 1.29 is 19.1 Å². The molecule has 0 spiro atoms. The fourth-order valence-electron chi connectivity index (χ4n) is 2.89. The Balaban J connectivity index is 2.15. The predicted octanol–water partition coefficient (Wildman–Crippen LogP) is 4.06. The second-order valence-electron chi connectivity index (χ2n) is 6.87. The van der Waals surface area contributed by atoms with E-state index in [9.17, 15) is 9.59 Å². The van der Waals surface area contributed by atoms with Crippen molar-refractivity contribution in [2.24, 2.45) is 0 Å². The summed E-state index contributed by atoms with van der Waals surface area (Å²) in [4.78, 5) is 27.1. The van der Waals surface area contributed by atoms with E-state index in [2.05, 4.69) is 12.2 Å². The van der Waals surface area contributed by atoms with E-state index in [1.54, 1.807) is 31.2 Å². The van der Waals surface area contributed by atoms with E-state index in [-0.39, 0.29) is 25.0 Å². The lowest BCUT2D eigenvalue weighted by atomic mass is 10.1. The van der Waals surface area contributed by atoms with Crippen molar-refractivity contribution in [2.45, 2.75) is 39.3 Å². The highest BCUT2D eigenvalue weighted by molar-refractivity contribution is 6.31. The molecule has 0 bridgehead atoms. The van der Waals surface area contributed by atoms with Crippen LogP contribution in [-0.4, -0.2) is 43.0 Å². The molecule has 0 radical (unpaired) electrons. The summed E-state index contributed by atoms with van der Waals surface area (Å²) in [5.41, 5.74) is 0.762. The van der Waals surface area contributed by atoms with Gasteiger partial charge >= 0.3 is 0 Å². The topological polar surface area (TPSA) is 67.9 Å². The van der Waals surface area contributed by atoms with Crippen LogP contribution in [0.15, 0.2) is 48.5 Å². The van der Waals surface area contributed by atoms with Crippen LogP contribution in [0.3, 0.4) is 0 Å². The van der Waals surface area contributed by atoms with Gasteiger partial charge in [-0.15, -0.1) is 0 Å². The lowest BCUT2D eigenvalue weighted by Gasteiger charge is -2.29. The summed E-state index contributed by atoms with van der Waals surface area (Å²) >= 11 is 6.29. The Bertz CT molecular complexity index is 843. The number of amides is 2. The van der Waals surface area contributed by atoms with Crippen LogP contribution in [0.1, 0.15) is 32.3 Å². The Kier molecular flexibility index (Phi) is 9.48. The van der Waals surface area contributed by atoms with Gasteiger partial charge in [0, 0.05) is 18.1 Å².